The molecule has 1 aromatic heterocycles. The topological polar surface area (TPSA) is 42.2 Å². The molecule has 0 bridgehead atoms. The number of rotatable bonds is 2. The lowest BCUT2D eigenvalue weighted by atomic mass is 10.1. The van der Waals surface area contributed by atoms with Gasteiger partial charge < -0.3 is 9.73 Å². The molecule has 0 atom stereocenters. The quantitative estimate of drug-likeness (QED) is 0.676. The summed E-state index contributed by atoms with van der Waals surface area (Å²) in [6, 6.07) is 6.39. The van der Waals surface area contributed by atoms with Gasteiger partial charge in [0.05, 0.1) is 10.5 Å². The van der Waals surface area contributed by atoms with Crippen molar-refractivity contribution in [3.8, 4) is 11.3 Å². The maximum atomic E-state index is 13.7. The first-order valence-corrected chi connectivity index (χ1v) is 7.05. The Hall–Kier alpha value is -1.99. The molecule has 0 spiro atoms. The molecule has 1 saturated heterocycles. The van der Waals surface area contributed by atoms with Crippen LogP contribution < -0.4 is 5.32 Å². The molecule has 1 aliphatic heterocycles. The van der Waals surface area contributed by atoms with Crippen molar-refractivity contribution in [1.29, 1.82) is 0 Å². The molecule has 1 fully saturated rings. The summed E-state index contributed by atoms with van der Waals surface area (Å²) in [5.74, 6) is -1.02. The highest BCUT2D eigenvalue weighted by Gasteiger charge is 2.22. The summed E-state index contributed by atoms with van der Waals surface area (Å²) in [5.41, 5.74) is 0.153. The van der Waals surface area contributed by atoms with E-state index in [1.165, 1.54) is 12.1 Å². The first-order chi connectivity index (χ1) is 10.0. The molecule has 21 heavy (non-hydrogen) atoms. The second-order valence-electron chi connectivity index (χ2n) is 4.18. The summed E-state index contributed by atoms with van der Waals surface area (Å²) < 4.78 is 32.4. The highest BCUT2D eigenvalue weighted by atomic mass is 32.2. The Bertz CT molecular complexity index is 783. The molecule has 1 aromatic carbocycles. The zero-order chi connectivity index (χ0) is 15.0. The summed E-state index contributed by atoms with van der Waals surface area (Å²) in [7, 11) is 0. The molecule has 1 aliphatic rings. The van der Waals surface area contributed by atoms with E-state index in [-0.39, 0.29) is 17.2 Å². The van der Waals surface area contributed by atoms with Gasteiger partial charge in [0.1, 0.15) is 27.5 Å². The minimum absolute atomic E-state index is 0.153. The Labute approximate surface area is 128 Å². The van der Waals surface area contributed by atoms with Gasteiger partial charge in [-0.25, -0.2) is 8.78 Å². The van der Waals surface area contributed by atoms with E-state index in [1.54, 1.807) is 12.1 Å². The third kappa shape index (κ3) is 2.88. The van der Waals surface area contributed by atoms with Crippen LogP contribution in [0.4, 0.5) is 8.78 Å². The molecular formula is C14H7F2NO2S2. The molecule has 0 radical (unpaired) electrons. The van der Waals surface area contributed by atoms with E-state index in [4.69, 9.17) is 16.6 Å². The van der Waals surface area contributed by atoms with Crippen LogP contribution in [0.2, 0.25) is 0 Å². The normalized spacial score (nSPS) is 16.6. The lowest BCUT2D eigenvalue weighted by Gasteiger charge is -1.99. The summed E-state index contributed by atoms with van der Waals surface area (Å²) in [4.78, 5) is 11.9. The van der Waals surface area contributed by atoms with Crippen LogP contribution in [-0.2, 0) is 4.79 Å². The van der Waals surface area contributed by atoms with E-state index in [9.17, 15) is 13.6 Å². The first kappa shape index (κ1) is 14.0. The third-order valence-electron chi connectivity index (χ3n) is 2.74. The molecule has 1 amide bonds. The summed E-state index contributed by atoms with van der Waals surface area (Å²) in [6.45, 7) is 0. The number of carbonyl (C=O) groups is 1. The molecular weight excluding hydrogens is 316 g/mol. The minimum atomic E-state index is -0.710. The number of thiocarbonyl (C=S) groups is 1. The van der Waals surface area contributed by atoms with Gasteiger partial charge in [-0.3, -0.25) is 4.79 Å². The van der Waals surface area contributed by atoms with Crippen molar-refractivity contribution in [3.05, 3.63) is 52.6 Å². The SMILES string of the molecule is O=C1NC(=S)S/C1=C\c1ccc(-c2ccc(F)cc2F)o1. The number of amides is 1. The Morgan fingerprint density at radius 2 is 2.05 bits per heavy atom. The molecule has 2 aromatic rings. The van der Waals surface area contributed by atoms with Crippen LogP contribution in [0, 0.1) is 11.6 Å². The molecule has 3 nitrogen and oxygen atoms in total. The summed E-state index contributed by atoms with van der Waals surface area (Å²) in [5, 5.41) is 2.48. The largest absolute Gasteiger partial charge is 0.457 e. The Kier molecular flexibility index (Phi) is 3.60. The summed E-state index contributed by atoms with van der Waals surface area (Å²) in [6.07, 6.45) is 1.52. The fourth-order valence-electron chi connectivity index (χ4n) is 1.81. The standard InChI is InChI=1S/C14H7F2NO2S2/c15-7-1-3-9(10(16)5-7)11-4-2-8(19-11)6-12-13(18)17-14(20)21-12/h1-6H,(H,17,18,20)/b12-6-. The van der Waals surface area contributed by atoms with Gasteiger partial charge >= 0.3 is 0 Å². The average molecular weight is 323 g/mol. The fourth-order valence-corrected chi connectivity index (χ4v) is 2.84. The fraction of sp³-hybridized carbons (Fsp3) is 0. The molecule has 3 rings (SSSR count). The molecule has 7 heteroatoms. The predicted molar refractivity (Wildman–Crippen MR) is 80.4 cm³/mol. The molecule has 106 valence electrons. The number of nitrogens with one attached hydrogen (secondary N) is 1. The predicted octanol–water partition coefficient (Wildman–Crippen LogP) is 3.71. The van der Waals surface area contributed by atoms with Crippen molar-refractivity contribution in [3.63, 3.8) is 0 Å². The van der Waals surface area contributed by atoms with Gasteiger partial charge in [0.25, 0.3) is 5.91 Å². The van der Waals surface area contributed by atoms with Gasteiger partial charge in [-0.15, -0.1) is 0 Å². The zero-order valence-electron chi connectivity index (χ0n) is 10.4. The maximum Gasteiger partial charge on any atom is 0.263 e. The van der Waals surface area contributed by atoms with Gasteiger partial charge in [-0.05, 0) is 24.3 Å². The van der Waals surface area contributed by atoms with Crippen LogP contribution in [0.5, 0.6) is 0 Å². The smallest absolute Gasteiger partial charge is 0.263 e. The number of halogens is 2. The van der Waals surface area contributed by atoms with Crippen molar-refractivity contribution in [2.75, 3.05) is 0 Å². The van der Waals surface area contributed by atoms with Gasteiger partial charge in [-0.2, -0.15) is 0 Å². The molecule has 1 N–H and O–H groups in total. The molecule has 0 saturated carbocycles. The van der Waals surface area contributed by atoms with E-state index >= 15 is 0 Å². The van der Waals surface area contributed by atoms with Crippen molar-refractivity contribution >= 4 is 40.3 Å². The minimum Gasteiger partial charge on any atom is -0.457 e. The first-order valence-electron chi connectivity index (χ1n) is 5.83. The second-order valence-corrected chi connectivity index (χ2v) is 5.90. The molecule has 0 unspecified atom stereocenters. The van der Waals surface area contributed by atoms with E-state index < -0.39 is 11.6 Å². The van der Waals surface area contributed by atoms with Gasteiger partial charge in [0.2, 0.25) is 0 Å². The third-order valence-corrected chi connectivity index (χ3v) is 3.90. The molecule has 2 heterocycles. The monoisotopic (exact) mass is 323 g/mol. The van der Waals surface area contributed by atoms with Crippen LogP contribution >= 0.6 is 24.0 Å². The number of thioether (sulfide) groups is 1. The Balaban J connectivity index is 1.92. The number of hydrogen-bond donors (Lipinski definition) is 1. The van der Waals surface area contributed by atoms with E-state index in [1.807, 2.05) is 0 Å². The van der Waals surface area contributed by atoms with E-state index in [0.717, 1.165) is 23.9 Å². The highest BCUT2D eigenvalue weighted by molar-refractivity contribution is 8.26. The second kappa shape index (κ2) is 5.42. The van der Waals surface area contributed by atoms with Crippen LogP contribution in [0.3, 0.4) is 0 Å². The number of furan rings is 1. The van der Waals surface area contributed by atoms with Crippen LogP contribution in [0.25, 0.3) is 17.4 Å². The van der Waals surface area contributed by atoms with Gasteiger partial charge in [0.15, 0.2) is 0 Å². The number of benzene rings is 1. The van der Waals surface area contributed by atoms with Crippen LogP contribution in [0.15, 0.2) is 39.7 Å². The van der Waals surface area contributed by atoms with Crippen molar-refractivity contribution in [2.24, 2.45) is 0 Å². The van der Waals surface area contributed by atoms with Crippen molar-refractivity contribution < 1.29 is 18.0 Å². The number of hydrogen-bond acceptors (Lipinski definition) is 4. The summed E-state index contributed by atoms with van der Waals surface area (Å²) >= 11 is 6.00. The van der Waals surface area contributed by atoms with E-state index in [2.05, 4.69) is 5.32 Å². The van der Waals surface area contributed by atoms with E-state index in [0.29, 0.717) is 15.0 Å². The van der Waals surface area contributed by atoms with Gasteiger partial charge in [0, 0.05) is 12.1 Å². The van der Waals surface area contributed by atoms with Gasteiger partial charge in [-0.1, -0.05) is 24.0 Å². The van der Waals surface area contributed by atoms with Crippen LogP contribution in [-0.4, -0.2) is 10.2 Å². The molecule has 0 aliphatic carbocycles. The average Bonchev–Trinajstić information content (AvgIpc) is 2.97. The number of carbonyl (C=O) groups excluding carboxylic acids is 1. The van der Waals surface area contributed by atoms with Crippen molar-refractivity contribution in [1.82, 2.24) is 5.32 Å². The van der Waals surface area contributed by atoms with Crippen molar-refractivity contribution in [2.45, 2.75) is 0 Å². The lowest BCUT2D eigenvalue weighted by molar-refractivity contribution is -0.115. The van der Waals surface area contributed by atoms with Crippen LogP contribution in [0.1, 0.15) is 5.76 Å². The highest BCUT2D eigenvalue weighted by Crippen LogP contribution is 2.29. The maximum absolute atomic E-state index is 13.7. The Morgan fingerprint density at radius 1 is 1.24 bits per heavy atom. The Morgan fingerprint density at radius 3 is 2.71 bits per heavy atom. The zero-order valence-corrected chi connectivity index (χ0v) is 12.0. The lowest BCUT2D eigenvalue weighted by Crippen LogP contribution is -2.17.